The van der Waals surface area contributed by atoms with E-state index in [2.05, 4.69) is 0 Å². The maximum Gasteiger partial charge on any atom is 0.362 e. The van der Waals surface area contributed by atoms with Crippen LogP contribution in [-0.4, -0.2) is 74.3 Å². The van der Waals surface area contributed by atoms with Crippen LogP contribution in [0.15, 0.2) is 0 Å². The Kier molecular flexibility index (Phi) is 4.64. The Morgan fingerprint density at radius 2 is 1.50 bits per heavy atom. The highest BCUT2D eigenvalue weighted by Gasteiger charge is 2.33. The Bertz CT molecular complexity index is 274. The van der Waals surface area contributed by atoms with Crippen molar-refractivity contribution in [3.8, 4) is 0 Å². The van der Waals surface area contributed by atoms with Gasteiger partial charge in [0.15, 0.2) is 6.04 Å². The van der Waals surface area contributed by atoms with E-state index in [1.54, 1.807) is 21.1 Å². The van der Waals surface area contributed by atoms with Gasteiger partial charge in [0.1, 0.15) is 0 Å². The first kappa shape index (κ1) is 15.1. The average molecular weight is 232 g/mol. The van der Waals surface area contributed by atoms with E-state index in [1.807, 2.05) is 21.1 Å². The lowest BCUT2D eigenvalue weighted by molar-refractivity contribution is -0.887. The van der Waals surface area contributed by atoms with Crippen LogP contribution in [0.1, 0.15) is 12.8 Å². The second-order valence-corrected chi connectivity index (χ2v) is 5.92. The molecule has 5 nitrogen and oxygen atoms in total. The molecule has 5 heteroatoms. The summed E-state index contributed by atoms with van der Waals surface area (Å²) in [5.41, 5.74) is 0. The van der Waals surface area contributed by atoms with Crippen molar-refractivity contribution < 1.29 is 23.7 Å². The van der Waals surface area contributed by atoms with Crippen LogP contribution in [0.2, 0.25) is 0 Å². The minimum atomic E-state index is -0.846. The van der Waals surface area contributed by atoms with Crippen LogP contribution in [-0.2, 0) is 9.59 Å². The first-order valence-corrected chi connectivity index (χ1v) is 5.35. The molecule has 0 spiro atoms. The standard InChI is InChI=1S/C11H23N2O3/c1-12(2,3)9(11(15)16)7-8-10(14)13(4,5)6/h9H,7-8H2,1-6H3/q+1/p+1. The number of hydrogen-bond donors (Lipinski definition) is 1. The highest BCUT2D eigenvalue weighted by Crippen LogP contribution is 2.12. The van der Waals surface area contributed by atoms with Gasteiger partial charge in [0.2, 0.25) is 0 Å². The van der Waals surface area contributed by atoms with Crippen LogP contribution >= 0.6 is 0 Å². The van der Waals surface area contributed by atoms with Gasteiger partial charge in [-0.3, -0.25) is 4.48 Å². The Labute approximate surface area is 97.4 Å². The van der Waals surface area contributed by atoms with Crippen LogP contribution in [0.4, 0.5) is 0 Å². The van der Waals surface area contributed by atoms with E-state index in [-0.39, 0.29) is 10.4 Å². The van der Waals surface area contributed by atoms with E-state index in [0.717, 1.165) is 0 Å². The third-order valence-corrected chi connectivity index (χ3v) is 2.60. The van der Waals surface area contributed by atoms with Crippen LogP contribution in [0.5, 0.6) is 0 Å². The van der Waals surface area contributed by atoms with Gasteiger partial charge in [0.05, 0.1) is 48.7 Å². The van der Waals surface area contributed by atoms with Crippen LogP contribution < -0.4 is 0 Å². The molecule has 0 aromatic heterocycles. The number of carbonyl (C=O) groups excluding carboxylic acids is 1. The summed E-state index contributed by atoms with van der Waals surface area (Å²) in [6, 6.07) is -0.532. The molecule has 0 aliphatic heterocycles. The van der Waals surface area contributed by atoms with Crippen LogP contribution in [0.25, 0.3) is 0 Å². The summed E-state index contributed by atoms with van der Waals surface area (Å²) < 4.78 is 0.573. The lowest BCUT2D eigenvalue weighted by Crippen LogP contribution is -2.51. The number of carboxylic acid groups (broad SMARTS) is 1. The molecule has 0 aliphatic carbocycles. The first-order valence-electron chi connectivity index (χ1n) is 5.35. The zero-order valence-corrected chi connectivity index (χ0v) is 11.1. The minimum Gasteiger partial charge on any atom is -0.477 e. The fourth-order valence-corrected chi connectivity index (χ4v) is 1.44. The fraction of sp³-hybridized carbons (Fsp3) is 0.818. The van der Waals surface area contributed by atoms with Gasteiger partial charge in [-0.25, -0.2) is 9.59 Å². The second kappa shape index (κ2) is 4.93. The van der Waals surface area contributed by atoms with Crippen molar-refractivity contribution in [1.82, 2.24) is 0 Å². The number of aliphatic carboxylic acids is 1. The maximum atomic E-state index is 11.7. The molecule has 1 unspecified atom stereocenters. The van der Waals surface area contributed by atoms with Crippen molar-refractivity contribution in [3.63, 3.8) is 0 Å². The van der Waals surface area contributed by atoms with E-state index in [9.17, 15) is 9.59 Å². The third-order valence-electron chi connectivity index (χ3n) is 2.60. The number of nitrogens with zero attached hydrogens (tertiary/aromatic N) is 2. The molecule has 94 valence electrons. The predicted molar refractivity (Wildman–Crippen MR) is 61.7 cm³/mol. The molecule has 0 bridgehead atoms. The molecule has 0 saturated carbocycles. The van der Waals surface area contributed by atoms with Gasteiger partial charge in [-0.1, -0.05) is 0 Å². The molecule has 0 aliphatic rings. The van der Waals surface area contributed by atoms with Gasteiger partial charge in [0, 0.05) is 6.42 Å². The summed E-state index contributed by atoms with van der Waals surface area (Å²) in [4.78, 5) is 22.8. The average Bonchev–Trinajstić information content (AvgIpc) is 1.98. The van der Waals surface area contributed by atoms with Crippen molar-refractivity contribution >= 4 is 11.9 Å². The fourth-order valence-electron chi connectivity index (χ4n) is 1.44. The maximum absolute atomic E-state index is 11.7. The molecule has 0 saturated heterocycles. The van der Waals surface area contributed by atoms with Crippen LogP contribution in [0, 0.1) is 0 Å². The van der Waals surface area contributed by atoms with E-state index in [0.29, 0.717) is 17.3 Å². The van der Waals surface area contributed by atoms with Gasteiger partial charge >= 0.3 is 11.9 Å². The first-order chi connectivity index (χ1) is 6.96. The summed E-state index contributed by atoms with van der Waals surface area (Å²) >= 11 is 0. The second-order valence-electron chi connectivity index (χ2n) is 5.92. The molecule has 1 atom stereocenters. The lowest BCUT2D eigenvalue weighted by Gasteiger charge is -2.31. The molecule has 0 heterocycles. The van der Waals surface area contributed by atoms with Crippen molar-refractivity contribution in [2.45, 2.75) is 18.9 Å². The van der Waals surface area contributed by atoms with E-state index in [4.69, 9.17) is 5.11 Å². The zero-order chi connectivity index (χ0) is 13.1. The molecule has 0 rings (SSSR count). The van der Waals surface area contributed by atoms with E-state index in [1.165, 1.54) is 0 Å². The van der Waals surface area contributed by atoms with Crippen molar-refractivity contribution in [2.24, 2.45) is 0 Å². The zero-order valence-electron chi connectivity index (χ0n) is 11.1. The Balaban J connectivity index is 4.48. The van der Waals surface area contributed by atoms with E-state index < -0.39 is 12.0 Å². The number of amides is 1. The molecular weight excluding hydrogens is 208 g/mol. The number of likely N-dealkylation sites (N-methyl/N-ethyl adjacent to an activating group) is 1. The molecule has 16 heavy (non-hydrogen) atoms. The number of carboxylic acids is 1. The molecule has 1 N–H and O–H groups in total. The summed E-state index contributed by atoms with van der Waals surface area (Å²) in [5.74, 6) is -0.790. The highest BCUT2D eigenvalue weighted by atomic mass is 16.4. The smallest absolute Gasteiger partial charge is 0.362 e. The number of rotatable bonds is 5. The summed E-state index contributed by atoms with van der Waals surface area (Å²) in [6.07, 6.45) is 0.684. The molecule has 0 fully saturated rings. The quantitative estimate of drug-likeness (QED) is 0.687. The van der Waals surface area contributed by atoms with Crippen molar-refractivity contribution in [3.05, 3.63) is 0 Å². The highest BCUT2D eigenvalue weighted by molar-refractivity contribution is 5.74. The summed E-state index contributed by atoms with van der Waals surface area (Å²) in [5, 5.41) is 9.09. The number of hydrogen-bond acceptors (Lipinski definition) is 2. The number of carbonyl (C=O) groups is 2. The van der Waals surface area contributed by atoms with E-state index >= 15 is 0 Å². The molecule has 0 aromatic carbocycles. The third kappa shape index (κ3) is 4.72. The molecule has 0 radical (unpaired) electrons. The predicted octanol–water partition coefficient (Wildman–Crippen LogP) is 0.159. The van der Waals surface area contributed by atoms with Gasteiger partial charge in [-0.2, -0.15) is 0 Å². The molecular formula is C11H24N2O3+2. The normalized spacial score (nSPS) is 14.6. The molecule has 1 amide bonds. The van der Waals surface area contributed by atoms with Gasteiger partial charge in [-0.15, -0.1) is 0 Å². The van der Waals surface area contributed by atoms with Gasteiger partial charge in [-0.05, 0) is 0 Å². The summed E-state index contributed by atoms with van der Waals surface area (Å²) in [6.45, 7) is 0. The molecule has 0 aromatic rings. The lowest BCUT2D eigenvalue weighted by atomic mass is 10.1. The minimum absolute atomic E-state index is 0.0553. The Morgan fingerprint density at radius 3 is 1.75 bits per heavy atom. The van der Waals surface area contributed by atoms with Gasteiger partial charge < -0.3 is 9.59 Å². The Morgan fingerprint density at radius 1 is 1.06 bits per heavy atom. The Hall–Kier alpha value is -0.940. The number of quaternary nitrogens is 2. The SMILES string of the molecule is C[N+](C)(C)C(=O)CCC(C(=O)O)[N+](C)(C)C. The van der Waals surface area contributed by atoms with Crippen molar-refractivity contribution in [1.29, 1.82) is 0 Å². The van der Waals surface area contributed by atoms with Gasteiger partial charge in [0.25, 0.3) is 0 Å². The topological polar surface area (TPSA) is 54.4 Å². The summed E-state index contributed by atoms with van der Waals surface area (Å²) in [7, 11) is 10.9. The largest absolute Gasteiger partial charge is 0.477 e. The monoisotopic (exact) mass is 232 g/mol. The van der Waals surface area contributed by atoms with Crippen LogP contribution in [0.3, 0.4) is 0 Å². The van der Waals surface area contributed by atoms with Crippen molar-refractivity contribution in [2.75, 3.05) is 42.3 Å².